The number of benzene rings is 2. The van der Waals surface area contributed by atoms with Crippen LogP contribution in [0, 0.1) is 27.7 Å². The number of aryl methyl sites for hydroxylation is 4. The molecule has 1 aliphatic heterocycles. The van der Waals surface area contributed by atoms with Crippen molar-refractivity contribution in [2.24, 2.45) is 0 Å². The Hall–Kier alpha value is -3.80. The van der Waals surface area contributed by atoms with E-state index in [-0.39, 0.29) is 11.3 Å². The number of carbonyl (C=O) groups is 2. The molecule has 2 heterocycles. The molecule has 1 atom stereocenters. The molecule has 0 spiro atoms. The van der Waals surface area contributed by atoms with Gasteiger partial charge in [0.2, 0.25) is 0 Å². The summed E-state index contributed by atoms with van der Waals surface area (Å²) in [5.41, 5.74) is 3.66. The van der Waals surface area contributed by atoms with E-state index >= 15 is 0 Å². The summed E-state index contributed by atoms with van der Waals surface area (Å²) in [5.74, 6) is -0.00971. The van der Waals surface area contributed by atoms with E-state index in [1.807, 2.05) is 39.0 Å². The Balaban J connectivity index is 1.96. The predicted molar refractivity (Wildman–Crippen MR) is 122 cm³/mol. The standard InChI is InChI=1S/C26H25NO5/c1-14-6-10-20(16(3)12-14)27-23(21-11-7-17(4)32-21)22(25(29)26(27)30)24(28)19-9-8-18(31-5)13-15(19)2/h6-13,23,28H,1-5H3/b24-22-. The molecule has 0 radical (unpaired) electrons. The zero-order valence-electron chi connectivity index (χ0n) is 18.7. The van der Waals surface area contributed by atoms with Crippen LogP contribution in [0.5, 0.6) is 5.75 Å². The molecular weight excluding hydrogens is 406 g/mol. The van der Waals surface area contributed by atoms with Crippen LogP contribution in [0.15, 0.2) is 58.5 Å². The highest BCUT2D eigenvalue weighted by atomic mass is 16.5. The molecule has 1 unspecified atom stereocenters. The molecule has 4 rings (SSSR count). The second kappa shape index (κ2) is 8.04. The second-order valence-corrected chi connectivity index (χ2v) is 8.09. The van der Waals surface area contributed by atoms with Crippen LogP contribution >= 0.6 is 0 Å². The number of aliphatic hydroxyl groups is 1. The molecule has 1 fully saturated rings. The van der Waals surface area contributed by atoms with Gasteiger partial charge in [0, 0.05) is 11.3 Å². The van der Waals surface area contributed by atoms with Gasteiger partial charge in [-0.05, 0) is 75.2 Å². The smallest absolute Gasteiger partial charge is 0.300 e. The molecule has 164 valence electrons. The molecule has 32 heavy (non-hydrogen) atoms. The van der Waals surface area contributed by atoms with E-state index in [9.17, 15) is 14.7 Å². The van der Waals surface area contributed by atoms with Crippen molar-refractivity contribution in [1.82, 2.24) is 0 Å². The lowest BCUT2D eigenvalue weighted by molar-refractivity contribution is -0.132. The third-order valence-electron chi connectivity index (χ3n) is 5.78. The lowest BCUT2D eigenvalue weighted by Gasteiger charge is -2.25. The first-order valence-corrected chi connectivity index (χ1v) is 10.3. The molecule has 1 amide bonds. The molecular formula is C26H25NO5. The van der Waals surface area contributed by atoms with Crippen molar-refractivity contribution < 1.29 is 23.8 Å². The minimum atomic E-state index is -0.883. The Morgan fingerprint density at radius 2 is 1.72 bits per heavy atom. The number of hydrogen-bond acceptors (Lipinski definition) is 5. The summed E-state index contributed by atoms with van der Waals surface area (Å²) in [6.45, 7) is 7.45. The molecule has 1 N–H and O–H groups in total. The molecule has 0 aliphatic carbocycles. The van der Waals surface area contributed by atoms with Crippen molar-refractivity contribution in [3.8, 4) is 5.75 Å². The number of ketones is 1. The minimum absolute atomic E-state index is 0.00223. The van der Waals surface area contributed by atoms with Gasteiger partial charge in [0.05, 0.1) is 12.7 Å². The van der Waals surface area contributed by atoms with Crippen LogP contribution in [0.3, 0.4) is 0 Å². The zero-order valence-corrected chi connectivity index (χ0v) is 18.7. The molecule has 3 aromatic rings. The summed E-state index contributed by atoms with van der Waals surface area (Å²) in [7, 11) is 1.56. The Morgan fingerprint density at radius 1 is 0.969 bits per heavy atom. The van der Waals surface area contributed by atoms with Gasteiger partial charge in [-0.25, -0.2) is 0 Å². The highest BCUT2D eigenvalue weighted by Crippen LogP contribution is 2.44. The van der Waals surface area contributed by atoms with Gasteiger partial charge in [-0.2, -0.15) is 0 Å². The predicted octanol–water partition coefficient (Wildman–Crippen LogP) is 5.15. The highest BCUT2D eigenvalue weighted by Gasteiger charge is 2.48. The fourth-order valence-corrected chi connectivity index (χ4v) is 4.20. The number of methoxy groups -OCH3 is 1. The maximum atomic E-state index is 13.2. The fourth-order valence-electron chi connectivity index (χ4n) is 4.20. The average Bonchev–Trinajstić information content (AvgIpc) is 3.29. The van der Waals surface area contributed by atoms with E-state index in [0.29, 0.717) is 34.1 Å². The van der Waals surface area contributed by atoms with E-state index in [1.54, 1.807) is 44.4 Å². The maximum Gasteiger partial charge on any atom is 0.300 e. The number of aliphatic hydroxyl groups excluding tert-OH is 1. The molecule has 0 saturated carbocycles. The van der Waals surface area contributed by atoms with Crippen molar-refractivity contribution in [3.63, 3.8) is 0 Å². The Bertz CT molecular complexity index is 1270. The number of carbonyl (C=O) groups excluding carboxylic acids is 2. The topological polar surface area (TPSA) is 80.0 Å². The second-order valence-electron chi connectivity index (χ2n) is 8.09. The fraction of sp³-hybridized carbons (Fsp3) is 0.231. The number of nitrogens with zero attached hydrogens (tertiary/aromatic N) is 1. The molecule has 1 saturated heterocycles. The van der Waals surface area contributed by atoms with Crippen LogP contribution in [0.1, 0.15) is 39.8 Å². The largest absolute Gasteiger partial charge is 0.507 e. The van der Waals surface area contributed by atoms with Crippen LogP contribution in [0.2, 0.25) is 0 Å². The van der Waals surface area contributed by atoms with Gasteiger partial charge in [0.1, 0.15) is 29.1 Å². The summed E-state index contributed by atoms with van der Waals surface area (Å²) in [4.78, 5) is 27.9. The van der Waals surface area contributed by atoms with Gasteiger partial charge in [-0.3, -0.25) is 14.5 Å². The van der Waals surface area contributed by atoms with Crippen LogP contribution in [-0.2, 0) is 9.59 Å². The normalized spacial score (nSPS) is 17.8. The first-order valence-electron chi connectivity index (χ1n) is 10.3. The SMILES string of the molecule is COc1ccc(/C(O)=C2/C(=O)C(=O)N(c3ccc(C)cc3C)C2c2ccc(C)o2)c(C)c1. The first kappa shape index (κ1) is 21.4. The molecule has 2 aromatic carbocycles. The Labute approximate surface area is 186 Å². The average molecular weight is 431 g/mol. The number of ether oxygens (including phenoxy) is 1. The summed E-state index contributed by atoms with van der Waals surface area (Å²) < 4.78 is 11.1. The van der Waals surface area contributed by atoms with Crippen molar-refractivity contribution in [3.05, 3.63) is 87.9 Å². The maximum absolute atomic E-state index is 13.2. The molecule has 1 aromatic heterocycles. The molecule has 6 nitrogen and oxygen atoms in total. The van der Waals surface area contributed by atoms with E-state index in [1.165, 1.54) is 4.90 Å². The number of furan rings is 1. The summed E-state index contributed by atoms with van der Waals surface area (Å²) in [6, 6.07) is 13.4. The zero-order chi connectivity index (χ0) is 23.2. The van der Waals surface area contributed by atoms with Gasteiger partial charge >= 0.3 is 0 Å². The summed E-state index contributed by atoms with van der Waals surface area (Å²) >= 11 is 0. The number of anilines is 1. The number of amides is 1. The van der Waals surface area contributed by atoms with Gasteiger partial charge in [0.15, 0.2) is 0 Å². The van der Waals surface area contributed by atoms with E-state index in [0.717, 1.165) is 11.1 Å². The first-order chi connectivity index (χ1) is 15.2. The van der Waals surface area contributed by atoms with Gasteiger partial charge in [-0.1, -0.05) is 17.7 Å². The molecule has 6 heteroatoms. The number of hydrogen-bond donors (Lipinski definition) is 1. The van der Waals surface area contributed by atoms with E-state index < -0.39 is 17.7 Å². The van der Waals surface area contributed by atoms with Crippen LogP contribution in [0.25, 0.3) is 5.76 Å². The molecule has 0 bridgehead atoms. The Kier molecular flexibility index (Phi) is 5.38. The van der Waals surface area contributed by atoms with Crippen molar-refractivity contribution >= 4 is 23.1 Å². The number of rotatable bonds is 4. The third kappa shape index (κ3) is 3.47. The number of Topliss-reactive ketones (excluding diaryl/α,β-unsaturated/α-hetero) is 1. The highest BCUT2D eigenvalue weighted by molar-refractivity contribution is 6.51. The van der Waals surface area contributed by atoms with E-state index in [2.05, 4.69) is 0 Å². The van der Waals surface area contributed by atoms with Crippen LogP contribution in [0.4, 0.5) is 5.69 Å². The van der Waals surface area contributed by atoms with Crippen molar-refractivity contribution in [1.29, 1.82) is 0 Å². The van der Waals surface area contributed by atoms with Gasteiger partial charge in [-0.15, -0.1) is 0 Å². The quantitative estimate of drug-likeness (QED) is 0.351. The van der Waals surface area contributed by atoms with E-state index in [4.69, 9.17) is 9.15 Å². The van der Waals surface area contributed by atoms with Crippen molar-refractivity contribution in [2.45, 2.75) is 33.7 Å². The summed E-state index contributed by atoms with van der Waals surface area (Å²) in [5, 5.41) is 11.3. The third-order valence-corrected chi connectivity index (χ3v) is 5.78. The van der Waals surface area contributed by atoms with Crippen LogP contribution in [-0.4, -0.2) is 23.9 Å². The van der Waals surface area contributed by atoms with Gasteiger partial charge < -0.3 is 14.3 Å². The van der Waals surface area contributed by atoms with Crippen LogP contribution < -0.4 is 9.64 Å². The summed E-state index contributed by atoms with van der Waals surface area (Å²) in [6.07, 6.45) is 0. The van der Waals surface area contributed by atoms with Gasteiger partial charge in [0.25, 0.3) is 11.7 Å². The molecule has 1 aliphatic rings. The lowest BCUT2D eigenvalue weighted by atomic mass is 9.96. The monoisotopic (exact) mass is 431 g/mol. The van der Waals surface area contributed by atoms with Crippen molar-refractivity contribution in [2.75, 3.05) is 12.0 Å². The lowest BCUT2D eigenvalue weighted by Crippen LogP contribution is -2.30. The minimum Gasteiger partial charge on any atom is -0.507 e. The Morgan fingerprint density at radius 3 is 2.31 bits per heavy atom.